The summed E-state index contributed by atoms with van der Waals surface area (Å²) >= 11 is 2.21. The molecule has 27 heavy (non-hydrogen) atoms. The van der Waals surface area contributed by atoms with Gasteiger partial charge in [0.15, 0.2) is 11.5 Å². The number of nitrogens with zero attached hydrogens (tertiary/aromatic N) is 1. The molecular formula is C19H20IN3O4. The molecule has 2 aromatic carbocycles. The third-order valence-corrected chi connectivity index (χ3v) is 4.32. The molecule has 0 unspecified atom stereocenters. The first-order valence-corrected chi connectivity index (χ1v) is 9.22. The Hall–Kier alpha value is -2.62. The molecular weight excluding hydrogens is 461 g/mol. The lowest BCUT2D eigenvalue weighted by Crippen LogP contribution is -2.20. The van der Waals surface area contributed by atoms with Crippen LogP contribution in [0.15, 0.2) is 41.5 Å². The molecule has 0 aliphatic heterocycles. The fourth-order valence-electron chi connectivity index (χ4n) is 2.22. The van der Waals surface area contributed by atoms with Crippen LogP contribution in [0, 0.1) is 10.5 Å². The van der Waals surface area contributed by atoms with Gasteiger partial charge in [0.1, 0.15) is 0 Å². The molecule has 3 N–H and O–H groups in total. The van der Waals surface area contributed by atoms with Crippen LogP contribution >= 0.6 is 22.6 Å². The van der Waals surface area contributed by atoms with Crippen molar-refractivity contribution < 1.29 is 19.4 Å². The first-order valence-electron chi connectivity index (χ1n) is 8.14. The summed E-state index contributed by atoms with van der Waals surface area (Å²) in [4.78, 5) is 23.8. The number of phenols is 1. The summed E-state index contributed by atoms with van der Waals surface area (Å²) < 4.78 is 6.09. The second-order valence-electron chi connectivity index (χ2n) is 5.73. The number of amides is 2. The second-order valence-corrected chi connectivity index (χ2v) is 6.98. The number of hydrazone groups is 1. The Morgan fingerprint density at radius 2 is 1.93 bits per heavy atom. The number of hydrogen-bond donors (Lipinski definition) is 3. The molecule has 0 spiro atoms. The predicted molar refractivity (Wildman–Crippen MR) is 112 cm³/mol. The van der Waals surface area contributed by atoms with Crippen molar-refractivity contribution in [1.29, 1.82) is 0 Å². The standard InChI is InChI=1S/C19H20IN3O4/c1-12-9-14(20)4-5-15(12)22-18(25)7-8-19(26)23-21-11-13-3-6-16(24)17(10-13)27-2/h3-6,9-11,24H,7-8H2,1-2H3,(H,22,25)(H,23,26). The van der Waals surface area contributed by atoms with Crippen molar-refractivity contribution in [2.24, 2.45) is 5.10 Å². The Bertz CT molecular complexity index is 868. The van der Waals surface area contributed by atoms with Crippen molar-refractivity contribution in [3.8, 4) is 11.5 Å². The Morgan fingerprint density at radius 3 is 2.63 bits per heavy atom. The highest BCUT2D eigenvalue weighted by Gasteiger charge is 2.08. The van der Waals surface area contributed by atoms with Crippen molar-refractivity contribution in [3.63, 3.8) is 0 Å². The second kappa shape index (κ2) is 9.91. The lowest BCUT2D eigenvalue weighted by Gasteiger charge is -2.08. The number of hydrogen-bond acceptors (Lipinski definition) is 5. The quantitative estimate of drug-likeness (QED) is 0.321. The SMILES string of the molecule is COc1cc(C=NNC(=O)CCC(=O)Nc2ccc(I)cc2C)ccc1O. The topological polar surface area (TPSA) is 100 Å². The molecule has 8 heteroatoms. The van der Waals surface area contributed by atoms with Gasteiger partial charge >= 0.3 is 0 Å². The van der Waals surface area contributed by atoms with E-state index >= 15 is 0 Å². The van der Waals surface area contributed by atoms with E-state index in [-0.39, 0.29) is 30.4 Å². The number of phenolic OH excluding ortho intramolecular Hbond substituents is 1. The van der Waals surface area contributed by atoms with Gasteiger partial charge in [0, 0.05) is 22.1 Å². The fourth-order valence-corrected chi connectivity index (χ4v) is 2.86. The van der Waals surface area contributed by atoms with Gasteiger partial charge < -0.3 is 15.2 Å². The minimum atomic E-state index is -0.369. The normalized spacial score (nSPS) is 10.6. The number of rotatable bonds is 7. The van der Waals surface area contributed by atoms with Gasteiger partial charge in [-0.2, -0.15) is 5.10 Å². The lowest BCUT2D eigenvalue weighted by atomic mass is 10.2. The number of halogens is 1. The first kappa shape index (κ1) is 20.7. The van der Waals surface area contributed by atoms with Gasteiger partial charge in [-0.15, -0.1) is 0 Å². The van der Waals surface area contributed by atoms with E-state index in [4.69, 9.17) is 4.74 Å². The van der Waals surface area contributed by atoms with E-state index in [1.165, 1.54) is 19.4 Å². The van der Waals surface area contributed by atoms with Gasteiger partial charge in [0.2, 0.25) is 11.8 Å². The molecule has 0 aliphatic carbocycles. The van der Waals surface area contributed by atoms with E-state index in [1.54, 1.807) is 12.1 Å². The monoisotopic (exact) mass is 481 g/mol. The number of aromatic hydroxyl groups is 1. The van der Waals surface area contributed by atoms with E-state index in [1.807, 2.05) is 25.1 Å². The van der Waals surface area contributed by atoms with Crippen LogP contribution < -0.4 is 15.5 Å². The van der Waals surface area contributed by atoms with Crippen LogP contribution in [-0.4, -0.2) is 30.2 Å². The van der Waals surface area contributed by atoms with Gasteiger partial charge in [-0.25, -0.2) is 5.43 Å². The van der Waals surface area contributed by atoms with Gasteiger partial charge in [-0.05, 0) is 77.0 Å². The molecule has 0 fully saturated rings. The summed E-state index contributed by atoms with van der Waals surface area (Å²) in [5.41, 5.74) is 4.72. The summed E-state index contributed by atoms with van der Waals surface area (Å²) in [6.07, 6.45) is 1.50. The summed E-state index contributed by atoms with van der Waals surface area (Å²) in [6.45, 7) is 1.91. The minimum Gasteiger partial charge on any atom is -0.504 e. The zero-order valence-electron chi connectivity index (χ0n) is 15.0. The number of benzene rings is 2. The van der Waals surface area contributed by atoms with Crippen molar-refractivity contribution in [3.05, 3.63) is 51.1 Å². The van der Waals surface area contributed by atoms with Crippen molar-refractivity contribution in [2.75, 3.05) is 12.4 Å². The molecule has 0 heterocycles. The van der Waals surface area contributed by atoms with Crippen LogP contribution in [0.1, 0.15) is 24.0 Å². The molecule has 0 atom stereocenters. The van der Waals surface area contributed by atoms with Crippen LogP contribution in [0.2, 0.25) is 0 Å². The lowest BCUT2D eigenvalue weighted by molar-refractivity contribution is -0.124. The minimum absolute atomic E-state index is 0.0193. The predicted octanol–water partition coefficient (Wildman–Crippen LogP) is 3.18. The van der Waals surface area contributed by atoms with Crippen LogP contribution in [-0.2, 0) is 9.59 Å². The van der Waals surface area contributed by atoms with Crippen LogP contribution in [0.3, 0.4) is 0 Å². The van der Waals surface area contributed by atoms with Crippen LogP contribution in [0.4, 0.5) is 5.69 Å². The number of carbonyl (C=O) groups is 2. The molecule has 2 aromatic rings. The van der Waals surface area contributed by atoms with Crippen molar-refractivity contribution >= 4 is 46.3 Å². The van der Waals surface area contributed by atoms with Crippen LogP contribution in [0.5, 0.6) is 11.5 Å². The Labute approximate surface area is 171 Å². The molecule has 2 rings (SSSR count). The Balaban J connectivity index is 1.79. The third kappa shape index (κ3) is 6.55. The number of anilines is 1. The molecule has 2 amide bonds. The maximum Gasteiger partial charge on any atom is 0.240 e. The van der Waals surface area contributed by atoms with E-state index in [2.05, 4.69) is 38.4 Å². The number of ether oxygens (including phenoxy) is 1. The van der Waals surface area contributed by atoms with Gasteiger partial charge in [-0.3, -0.25) is 9.59 Å². The van der Waals surface area contributed by atoms with Crippen molar-refractivity contribution in [2.45, 2.75) is 19.8 Å². The zero-order valence-corrected chi connectivity index (χ0v) is 17.1. The largest absolute Gasteiger partial charge is 0.504 e. The van der Waals surface area contributed by atoms with E-state index in [0.717, 1.165) is 14.8 Å². The first-order chi connectivity index (χ1) is 12.9. The summed E-state index contributed by atoms with van der Waals surface area (Å²) in [7, 11) is 1.44. The number of nitrogens with one attached hydrogen (secondary N) is 2. The molecule has 0 saturated heterocycles. The third-order valence-electron chi connectivity index (χ3n) is 3.65. The maximum atomic E-state index is 12.0. The maximum absolute atomic E-state index is 12.0. The van der Waals surface area contributed by atoms with Gasteiger partial charge in [0.05, 0.1) is 13.3 Å². The summed E-state index contributed by atoms with van der Waals surface area (Å²) in [5.74, 6) is -0.269. The van der Waals surface area contributed by atoms with Gasteiger partial charge in [0.25, 0.3) is 0 Å². The fraction of sp³-hybridized carbons (Fsp3) is 0.211. The highest BCUT2D eigenvalue weighted by Crippen LogP contribution is 2.25. The molecule has 0 bridgehead atoms. The Kier molecular flexibility index (Phi) is 7.59. The number of aryl methyl sites for hydroxylation is 1. The van der Waals surface area contributed by atoms with E-state index < -0.39 is 0 Å². The highest BCUT2D eigenvalue weighted by atomic mass is 127. The van der Waals surface area contributed by atoms with Gasteiger partial charge in [-0.1, -0.05) is 0 Å². The highest BCUT2D eigenvalue weighted by molar-refractivity contribution is 14.1. The molecule has 7 nitrogen and oxygen atoms in total. The molecule has 0 aliphatic rings. The molecule has 0 saturated carbocycles. The molecule has 0 aromatic heterocycles. The summed E-state index contributed by atoms with van der Waals surface area (Å²) in [6, 6.07) is 10.4. The van der Waals surface area contributed by atoms with E-state index in [9.17, 15) is 14.7 Å². The Morgan fingerprint density at radius 1 is 1.19 bits per heavy atom. The zero-order chi connectivity index (χ0) is 19.8. The van der Waals surface area contributed by atoms with E-state index in [0.29, 0.717) is 11.3 Å². The average molecular weight is 481 g/mol. The number of carbonyl (C=O) groups excluding carboxylic acids is 2. The van der Waals surface area contributed by atoms with Crippen molar-refractivity contribution in [1.82, 2.24) is 5.43 Å². The van der Waals surface area contributed by atoms with Crippen LogP contribution in [0.25, 0.3) is 0 Å². The number of methoxy groups -OCH3 is 1. The molecule has 142 valence electrons. The summed E-state index contributed by atoms with van der Waals surface area (Å²) in [5, 5.41) is 16.2. The average Bonchev–Trinajstić information content (AvgIpc) is 2.63. The smallest absolute Gasteiger partial charge is 0.240 e. The molecule has 0 radical (unpaired) electrons.